The first-order valence-corrected chi connectivity index (χ1v) is 8.30. The molecule has 0 aromatic rings. The summed E-state index contributed by atoms with van der Waals surface area (Å²) in [4.78, 5) is 2.85. The molecule has 2 unspecified atom stereocenters. The summed E-state index contributed by atoms with van der Waals surface area (Å²) in [7, 11) is 0. The van der Waals surface area contributed by atoms with Gasteiger partial charge < -0.3 is 5.32 Å². The van der Waals surface area contributed by atoms with Crippen LogP contribution in [-0.2, 0) is 0 Å². The number of hydrogen-bond donors (Lipinski definition) is 1. The minimum absolute atomic E-state index is 0.826. The highest BCUT2D eigenvalue weighted by molar-refractivity contribution is 4.96. The summed E-state index contributed by atoms with van der Waals surface area (Å²) in [6.07, 6.45) is 11.1. The van der Waals surface area contributed by atoms with Crippen molar-refractivity contribution in [1.82, 2.24) is 10.2 Å². The van der Waals surface area contributed by atoms with Crippen LogP contribution < -0.4 is 5.32 Å². The van der Waals surface area contributed by atoms with E-state index in [1.165, 1.54) is 57.9 Å². The molecule has 106 valence electrons. The van der Waals surface area contributed by atoms with E-state index in [-0.39, 0.29) is 0 Å². The molecule has 0 aromatic carbocycles. The fourth-order valence-electron chi connectivity index (χ4n) is 4.25. The second kappa shape index (κ2) is 6.91. The molecule has 2 heteroatoms. The molecule has 0 radical (unpaired) electrons. The maximum Gasteiger partial charge on any atom is 0.0128 e. The van der Waals surface area contributed by atoms with Crippen LogP contribution in [0.25, 0.3) is 0 Å². The van der Waals surface area contributed by atoms with E-state index in [0.29, 0.717) is 0 Å². The van der Waals surface area contributed by atoms with Crippen molar-refractivity contribution in [1.29, 1.82) is 0 Å². The molecule has 0 amide bonds. The Morgan fingerprint density at radius 3 is 2.00 bits per heavy atom. The molecule has 0 spiro atoms. The molecule has 2 rings (SSSR count). The van der Waals surface area contributed by atoms with Crippen LogP contribution in [0.5, 0.6) is 0 Å². The molecule has 2 bridgehead atoms. The van der Waals surface area contributed by atoms with Gasteiger partial charge in [0.1, 0.15) is 0 Å². The maximum atomic E-state index is 3.78. The highest BCUT2D eigenvalue weighted by Crippen LogP contribution is 2.31. The zero-order chi connectivity index (χ0) is 13.0. The molecule has 2 saturated heterocycles. The van der Waals surface area contributed by atoms with Crippen LogP contribution in [0, 0.1) is 0 Å². The number of rotatable bonds is 7. The van der Waals surface area contributed by atoms with Crippen molar-refractivity contribution >= 4 is 0 Å². The first kappa shape index (κ1) is 14.3. The monoisotopic (exact) mass is 252 g/mol. The number of hydrogen-bond acceptors (Lipinski definition) is 2. The van der Waals surface area contributed by atoms with Gasteiger partial charge in [-0.3, -0.25) is 4.90 Å². The third kappa shape index (κ3) is 3.27. The summed E-state index contributed by atoms with van der Waals surface area (Å²) in [5.41, 5.74) is 0. The topological polar surface area (TPSA) is 15.3 Å². The lowest BCUT2D eigenvalue weighted by Gasteiger charge is -2.42. The normalized spacial score (nSPS) is 31.5. The molecule has 0 aromatic heterocycles. The smallest absolute Gasteiger partial charge is 0.0128 e. The molecule has 2 fully saturated rings. The lowest BCUT2D eigenvalue weighted by molar-refractivity contribution is 0.0887. The molecular formula is C16H32N2. The van der Waals surface area contributed by atoms with Gasteiger partial charge in [-0.05, 0) is 45.1 Å². The number of fused-ring (bicyclic) bond motifs is 2. The summed E-state index contributed by atoms with van der Waals surface area (Å²) in [5.74, 6) is 0. The predicted molar refractivity (Wildman–Crippen MR) is 79.0 cm³/mol. The van der Waals surface area contributed by atoms with Gasteiger partial charge in [0.05, 0.1) is 0 Å². The van der Waals surface area contributed by atoms with E-state index in [9.17, 15) is 0 Å². The van der Waals surface area contributed by atoms with Crippen LogP contribution in [0.4, 0.5) is 0 Å². The van der Waals surface area contributed by atoms with Gasteiger partial charge >= 0.3 is 0 Å². The predicted octanol–water partition coefficient (Wildman–Crippen LogP) is 3.56. The van der Waals surface area contributed by atoms with Crippen molar-refractivity contribution in [2.75, 3.05) is 6.54 Å². The quantitative estimate of drug-likeness (QED) is 0.745. The van der Waals surface area contributed by atoms with Crippen LogP contribution in [0.3, 0.4) is 0 Å². The summed E-state index contributed by atoms with van der Waals surface area (Å²) >= 11 is 0. The molecule has 2 nitrogen and oxygen atoms in total. The summed E-state index contributed by atoms with van der Waals surface area (Å²) < 4.78 is 0. The van der Waals surface area contributed by atoms with E-state index in [4.69, 9.17) is 0 Å². The van der Waals surface area contributed by atoms with Gasteiger partial charge in [-0.25, -0.2) is 0 Å². The Kier molecular flexibility index (Phi) is 5.50. The molecule has 0 aliphatic carbocycles. The van der Waals surface area contributed by atoms with Crippen molar-refractivity contribution in [2.45, 2.75) is 96.3 Å². The van der Waals surface area contributed by atoms with E-state index in [1.54, 1.807) is 0 Å². The first-order chi connectivity index (χ1) is 8.78. The van der Waals surface area contributed by atoms with E-state index >= 15 is 0 Å². The minimum Gasteiger partial charge on any atom is -0.311 e. The summed E-state index contributed by atoms with van der Waals surface area (Å²) in [5, 5.41) is 3.78. The largest absolute Gasteiger partial charge is 0.311 e. The van der Waals surface area contributed by atoms with E-state index in [2.05, 4.69) is 31.0 Å². The van der Waals surface area contributed by atoms with E-state index in [0.717, 1.165) is 24.2 Å². The van der Waals surface area contributed by atoms with Gasteiger partial charge in [0.25, 0.3) is 0 Å². The zero-order valence-corrected chi connectivity index (χ0v) is 12.6. The average Bonchev–Trinajstić information content (AvgIpc) is 2.70. The van der Waals surface area contributed by atoms with Crippen LogP contribution in [0.1, 0.15) is 72.1 Å². The summed E-state index contributed by atoms with van der Waals surface area (Å²) in [6.45, 7) is 8.28. The lowest BCUT2D eigenvalue weighted by atomic mass is 9.94. The highest BCUT2D eigenvalue weighted by atomic mass is 15.2. The van der Waals surface area contributed by atoms with Gasteiger partial charge in [0.2, 0.25) is 0 Å². The minimum atomic E-state index is 0.826. The number of nitrogens with one attached hydrogen (secondary N) is 1. The Hall–Kier alpha value is -0.0800. The Labute approximate surface area is 114 Å². The third-order valence-corrected chi connectivity index (χ3v) is 5.00. The van der Waals surface area contributed by atoms with Gasteiger partial charge in [0, 0.05) is 24.2 Å². The van der Waals surface area contributed by atoms with Crippen molar-refractivity contribution in [3.63, 3.8) is 0 Å². The number of nitrogens with zero attached hydrogens (tertiary/aromatic N) is 1. The highest BCUT2D eigenvalue weighted by Gasteiger charge is 2.37. The Balaban J connectivity index is 1.97. The van der Waals surface area contributed by atoms with Crippen molar-refractivity contribution in [3.8, 4) is 0 Å². The molecule has 2 heterocycles. The molecule has 18 heavy (non-hydrogen) atoms. The summed E-state index contributed by atoms with van der Waals surface area (Å²) in [6, 6.07) is 3.35. The lowest BCUT2D eigenvalue weighted by Crippen LogP contribution is -2.51. The standard InChI is InChI=1S/C16H32N2/c1-4-7-15(8-5-2)18(6-3)16-11-13-9-10-14(12-16)17-13/h13-17H,4-12H2,1-3H3. The molecular weight excluding hydrogens is 220 g/mol. The van der Waals surface area contributed by atoms with Crippen molar-refractivity contribution in [3.05, 3.63) is 0 Å². The number of piperidine rings is 1. The van der Waals surface area contributed by atoms with E-state index in [1.807, 2.05) is 0 Å². The second-order valence-corrected chi connectivity index (χ2v) is 6.32. The van der Waals surface area contributed by atoms with E-state index < -0.39 is 0 Å². The SMILES string of the molecule is CCCC(CCC)N(CC)C1CC2CCC(C1)N2. The van der Waals surface area contributed by atoms with Crippen molar-refractivity contribution in [2.24, 2.45) is 0 Å². The maximum absolute atomic E-state index is 3.78. The van der Waals surface area contributed by atoms with Gasteiger partial charge in [0.15, 0.2) is 0 Å². The molecule has 2 aliphatic rings. The van der Waals surface area contributed by atoms with Crippen LogP contribution in [0.15, 0.2) is 0 Å². The van der Waals surface area contributed by atoms with Gasteiger partial charge in [-0.15, -0.1) is 0 Å². The van der Waals surface area contributed by atoms with Gasteiger partial charge in [-0.2, -0.15) is 0 Å². The Morgan fingerprint density at radius 2 is 1.56 bits per heavy atom. The van der Waals surface area contributed by atoms with Crippen LogP contribution in [0.2, 0.25) is 0 Å². The Bertz CT molecular complexity index is 223. The third-order valence-electron chi connectivity index (χ3n) is 5.00. The average molecular weight is 252 g/mol. The fraction of sp³-hybridized carbons (Fsp3) is 1.00. The second-order valence-electron chi connectivity index (χ2n) is 6.32. The zero-order valence-electron chi connectivity index (χ0n) is 12.6. The van der Waals surface area contributed by atoms with Crippen LogP contribution in [-0.4, -0.2) is 35.6 Å². The molecule has 2 aliphatic heterocycles. The Morgan fingerprint density at radius 1 is 1.00 bits per heavy atom. The molecule has 0 saturated carbocycles. The van der Waals surface area contributed by atoms with Gasteiger partial charge in [-0.1, -0.05) is 33.6 Å². The van der Waals surface area contributed by atoms with Crippen molar-refractivity contribution < 1.29 is 0 Å². The fourth-order valence-corrected chi connectivity index (χ4v) is 4.25. The molecule has 1 N–H and O–H groups in total. The molecule has 2 atom stereocenters. The first-order valence-electron chi connectivity index (χ1n) is 8.30. The van der Waals surface area contributed by atoms with Crippen LogP contribution >= 0.6 is 0 Å².